The summed E-state index contributed by atoms with van der Waals surface area (Å²) < 4.78 is 11.8. The summed E-state index contributed by atoms with van der Waals surface area (Å²) >= 11 is 3.45. The number of amides is 4. The Morgan fingerprint density at radius 3 is 2.66 bits per heavy atom. The molecule has 1 aliphatic heterocycles. The molecule has 8 nitrogen and oxygen atoms in total. The number of anilines is 1. The lowest BCUT2D eigenvalue weighted by Crippen LogP contribution is -2.38. The van der Waals surface area contributed by atoms with E-state index in [1.807, 2.05) is 32.9 Å². The maximum atomic E-state index is 12.7. The van der Waals surface area contributed by atoms with Gasteiger partial charge in [0.25, 0.3) is 5.91 Å². The second kappa shape index (κ2) is 9.86. The Kier molecular flexibility index (Phi) is 7.19. The van der Waals surface area contributed by atoms with Crippen molar-refractivity contribution in [1.82, 2.24) is 10.2 Å². The van der Waals surface area contributed by atoms with E-state index in [1.54, 1.807) is 24.3 Å². The van der Waals surface area contributed by atoms with Gasteiger partial charge in [-0.3, -0.25) is 9.59 Å². The highest BCUT2D eigenvalue weighted by Crippen LogP contribution is 2.38. The van der Waals surface area contributed by atoms with Crippen LogP contribution in [0.2, 0.25) is 0 Å². The van der Waals surface area contributed by atoms with Crippen LogP contribution >= 0.6 is 15.9 Å². The lowest BCUT2D eigenvalue weighted by molar-refractivity contribution is -0.127. The van der Waals surface area contributed by atoms with Gasteiger partial charge in [-0.15, -0.1) is 0 Å². The minimum atomic E-state index is -0.661. The van der Waals surface area contributed by atoms with Gasteiger partial charge in [-0.25, -0.2) is 9.69 Å². The summed E-state index contributed by atoms with van der Waals surface area (Å²) in [5.41, 5.74) is 2.25. The molecule has 32 heavy (non-hydrogen) atoms. The number of methoxy groups -OCH3 is 1. The molecule has 1 aliphatic rings. The molecule has 0 bridgehead atoms. The lowest BCUT2D eigenvalue weighted by atomic mass is 10.1. The Bertz CT molecular complexity index is 1100. The summed E-state index contributed by atoms with van der Waals surface area (Å²) in [5.74, 6) is -0.0427. The number of benzene rings is 2. The van der Waals surface area contributed by atoms with Crippen LogP contribution in [0.25, 0.3) is 6.08 Å². The van der Waals surface area contributed by atoms with E-state index >= 15 is 0 Å². The number of nitrogens with zero attached hydrogens (tertiary/aromatic N) is 1. The molecule has 0 aromatic heterocycles. The standard InChI is InChI=1S/C23H24BrN3O5/c1-13(2)32-21-17(24)9-15(11-19(21)31-4)10-18-22(29)27(23(30)26-18)12-20(28)25-16-7-5-6-14(3)8-16/h5-11,13H,12H2,1-4H3,(H,25,28)(H,26,30). The average Bonchev–Trinajstić information content (AvgIpc) is 2.96. The molecule has 1 heterocycles. The van der Waals surface area contributed by atoms with E-state index in [2.05, 4.69) is 26.6 Å². The first-order valence-corrected chi connectivity index (χ1v) is 10.7. The molecular weight excluding hydrogens is 478 g/mol. The second-order valence-electron chi connectivity index (χ2n) is 7.50. The molecule has 4 amide bonds. The van der Waals surface area contributed by atoms with Crippen molar-refractivity contribution in [2.75, 3.05) is 19.0 Å². The van der Waals surface area contributed by atoms with Crippen molar-refractivity contribution in [3.63, 3.8) is 0 Å². The second-order valence-corrected chi connectivity index (χ2v) is 8.35. The summed E-state index contributed by atoms with van der Waals surface area (Å²) in [7, 11) is 1.52. The molecule has 0 spiro atoms. The molecule has 3 rings (SSSR count). The Balaban J connectivity index is 1.76. The number of imide groups is 1. The number of rotatable bonds is 7. The fraction of sp³-hybridized carbons (Fsp3) is 0.261. The third-order valence-electron chi connectivity index (χ3n) is 4.48. The van der Waals surface area contributed by atoms with Gasteiger partial charge in [0.05, 0.1) is 17.7 Å². The van der Waals surface area contributed by atoms with Crippen molar-refractivity contribution in [3.05, 3.63) is 57.7 Å². The summed E-state index contributed by atoms with van der Waals surface area (Å²) in [4.78, 5) is 38.3. The van der Waals surface area contributed by atoms with Crippen molar-refractivity contribution in [1.29, 1.82) is 0 Å². The Labute approximate surface area is 194 Å². The van der Waals surface area contributed by atoms with E-state index in [9.17, 15) is 14.4 Å². The number of halogens is 1. The van der Waals surface area contributed by atoms with Crippen LogP contribution in [0.3, 0.4) is 0 Å². The normalized spacial score (nSPS) is 14.7. The highest BCUT2D eigenvalue weighted by Gasteiger charge is 2.35. The van der Waals surface area contributed by atoms with Gasteiger partial charge in [0.2, 0.25) is 5.91 Å². The number of hydrogen-bond donors (Lipinski definition) is 2. The van der Waals surface area contributed by atoms with Gasteiger partial charge >= 0.3 is 6.03 Å². The summed E-state index contributed by atoms with van der Waals surface area (Å²) in [5, 5.41) is 5.21. The van der Waals surface area contributed by atoms with Gasteiger partial charge < -0.3 is 20.1 Å². The Morgan fingerprint density at radius 2 is 2.00 bits per heavy atom. The minimum Gasteiger partial charge on any atom is -0.493 e. The van der Waals surface area contributed by atoms with E-state index < -0.39 is 24.4 Å². The van der Waals surface area contributed by atoms with Gasteiger partial charge in [0.1, 0.15) is 12.2 Å². The highest BCUT2D eigenvalue weighted by molar-refractivity contribution is 9.10. The molecule has 1 fully saturated rings. The fourth-order valence-corrected chi connectivity index (χ4v) is 3.68. The topological polar surface area (TPSA) is 97.0 Å². The minimum absolute atomic E-state index is 0.0559. The van der Waals surface area contributed by atoms with Crippen molar-refractivity contribution in [3.8, 4) is 11.5 Å². The maximum absolute atomic E-state index is 12.7. The average molecular weight is 502 g/mol. The first kappa shape index (κ1) is 23.3. The number of aryl methyl sites for hydroxylation is 1. The van der Waals surface area contributed by atoms with Crippen molar-refractivity contribution in [2.45, 2.75) is 26.9 Å². The number of carbonyl (C=O) groups is 3. The maximum Gasteiger partial charge on any atom is 0.329 e. The van der Waals surface area contributed by atoms with Gasteiger partial charge in [0.15, 0.2) is 11.5 Å². The zero-order valence-electron chi connectivity index (χ0n) is 18.2. The molecule has 2 aromatic carbocycles. The van der Waals surface area contributed by atoms with Gasteiger partial charge in [-0.1, -0.05) is 12.1 Å². The smallest absolute Gasteiger partial charge is 0.329 e. The molecule has 0 saturated carbocycles. The zero-order chi connectivity index (χ0) is 23.4. The van der Waals surface area contributed by atoms with Gasteiger partial charge in [0, 0.05) is 5.69 Å². The molecular formula is C23H24BrN3O5. The number of hydrogen-bond acceptors (Lipinski definition) is 5. The monoisotopic (exact) mass is 501 g/mol. The summed E-state index contributed by atoms with van der Waals surface area (Å²) in [6.07, 6.45) is 1.46. The zero-order valence-corrected chi connectivity index (χ0v) is 19.8. The van der Waals surface area contributed by atoms with Crippen molar-refractivity contribution in [2.24, 2.45) is 0 Å². The van der Waals surface area contributed by atoms with Crippen molar-refractivity contribution >= 4 is 45.5 Å². The van der Waals surface area contributed by atoms with Crippen LogP contribution in [0.1, 0.15) is 25.0 Å². The Morgan fingerprint density at radius 1 is 1.25 bits per heavy atom. The third kappa shape index (κ3) is 5.47. The molecule has 1 saturated heterocycles. The molecule has 9 heteroatoms. The largest absolute Gasteiger partial charge is 0.493 e. The molecule has 0 atom stereocenters. The number of carbonyl (C=O) groups excluding carboxylic acids is 3. The molecule has 0 unspecified atom stereocenters. The third-order valence-corrected chi connectivity index (χ3v) is 5.07. The van der Waals surface area contributed by atoms with Gasteiger partial charge in [-0.05, 0) is 78.2 Å². The number of urea groups is 1. The number of nitrogens with one attached hydrogen (secondary N) is 2. The fourth-order valence-electron chi connectivity index (χ4n) is 3.12. The van der Waals surface area contributed by atoms with Crippen LogP contribution in [0.4, 0.5) is 10.5 Å². The lowest BCUT2D eigenvalue weighted by Gasteiger charge is -2.16. The van der Waals surface area contributed by atoms with Crippen molar-refractivity contribution < 1.29 is 23.9 Å². The first-order valence-electron chi connectivity index (χ1n) is 9.93. The van der Waals surface area contributed by atoms with E-state index in [1.165, 1.54) is 13.2 Å². The van der Waals surface area contributed by atoms with Crippen LogP contribution in [-0.2, 0) is 9.59 Å². The number of ether oxygens (including phenoxy) is 2. The molecule has 0 radical (unpaired) electrons. The molecule has 2 N–H and O–H groups in total. The van der Waals surface area contributed by atoms with Crippen LogP contribution < -0.4 is 20.1 Å². The quantitative estimate of drug-likeness (QED) is 0.439. The predicted octanol–water partition coefficient (Wildman–Crippen LogP) is 4.08. The van der Waals surface area contributed by atoms with E-state index in [-0.39, 0.29) is 11.8 Å². The summed E-state index contributed by atoms with van der Waals surface area (Å²) in [6, 6.07) is 10.0. The summed E-state index contributed by atoms with van der Waals surface area (Å²) in [6.45, 7) is 5.31. The molecule has 0 aliphatic carbocycles. The SMILES string of the molecule is COc1cc(C=C2NC(=O)N(CC(=O)Nc3cccc(C)c3)C2=O)cc(Br)c1OC(C)C. The van der Waals surface area contributed by atoms with Crippen LogP contribution in [0.15, 0.2) is 46.6 Å². The van der Waals surface area contributed by atoms with E-state index in [4.69, 9.17) is 9.47 Å². The van der Waals surface area contributed by atoms with Crippen LogP contribution in [0.5, 0.6) is 11.5 Å². The predicted molar refractivity (Wildman–Crippen MR) is 124 cm³/mol. The highest BCUT2D eigenvalue weighted by atomic mass is 79.9. The van der Waals surface area contributed by atoms with Gasteiger partial charge in [-0.2, -0.15) is 0 Å². The van der Waals surface area contributed by atoms with Crippen LogP contribution in [-0.4, -0.2) is 42.5 Å². The first-order chi connectivity index (χ1) is 15.2. The van der Waals surface area contributed by atoms with E-state index in [0.717, 1.165) is 10.5 Å². The molecule has 168 valence electrons. The van der Waals surface area contributed by atoms with Crippen LogP contribution in [0, 0.1) is 6.92 Å². The Hall–Kier alpha value is -3.33. The molecule has 2 aromatic rings. The van der Waals surface area contributed by atoms with E-state index in [0.29, 0.717) is 27.2 Å².